The third-order valence-corrected chi connectivity index (χ3v) is 3.90. The second-order valence-corrected chi connectivity index (χ2v) is 5.26. The standard InChI is InChI=1S/C16H11BrClNO/c17-10-12-5-1-7-13(18)16(12)20-14-8-2-4-11-6-3-9-19-15(11)14/h1-9H,10H2. The molecule has 0 amide bonds. The first-order chi connectivity index (χ1) is 9.79. The van der Waals surface area contributed by atoms with Gasteiger partial charge in [-0.15, -0.1) is 0 Å². The van der Waals surface area contributed by atoms with E-state index < -0.39 is 0 Å². The SMILES string of the molecule is Clc1cccc(CBr)c1Oc1cccc2cccnc12. The predicted octanol–water partition coefficient (Wildman–Crippen LogP) is 5.58. The van der Waals surface area contributed by atoms with Gasteiger partial charge in [-0.25, -0.2) is 0 Å². The number of nitrogens with zero attached hydrogens (tertiary/aromatic N) is 1. The number of alkyl halides is 1. The Kier molecular flexibility index (Phi) is 3.90. The third kappa shape index (κ3) is 2.51. The number of benzene rings is 2. The number of hydrogen-bond acceptors (Lipinski definition) is 2. The van der Waals surface area contributed by atoms with Crippen molar-refractivity contribution < 1.29 is 4.74 Å². The molecule has 0 spiro atoms. The van der Waals surface area contributed by atoms with Crippen LogP contribution in [0.15, 0.2) is 54.7 Å². The maximum Gasteiger partial charge on any atom is 0.153 e. The zero-order valence-electron chi connectivity index (χ0n) is 10.5. The fraction of sp³-hybridized carbons (Fsp3) is 0.0625. The molecule has 0 saturated carbocycles. The van der Waals surface area contributed by atoms with Crippen LogP contribution in [0.4, 0.5) is 0 Å². The summed E-state index contributed by atoms with van der Waals surface area (Å²) >= 11 is 9.69. The van der Waals surface area contributed by atoms with Gasteiger partial charge >= 0.3 is 0 Å². The molecule has 0 bridgehead atoms. The molecular formula is C16H11BrClNO. The molecule has 3 rings (SSSR count). The quantitative estimate of drug-likeness (QED) is 0.577. The Morgan fingerprint density at radius 2 is 1.85 bits per heavy atom. The number of rotatable bonds is 3. The summed E-state index contributed by atoms with van der Waals surface area (Å²) in [5.74, 6) is 1.38. The van der Waals surface area contributed by atoms with Crippen molar-refractivity contribution in [1.82, 2.24) is 4.98 Å². The summed E-state index contributed by atoms with van der Waals surface area (Å²) in [5.41, 5.74) is 1.83. The van der Waals surface area contributed by atoms with E-state index in [-0.39, 0.29) is 0 Å². The van der Waals surface area contributed by atoms with Gasteiger partial charge in [0.25, 0.3) is 0 Å². The van der Waals surface area contributed by atoms with Gasteiger partial charge in [-0.05, 0) is 18.2 Å². The highest BCUT2D eigenvalue weighted by Crippen LogP contribution is 2.36. The minimum absolute atomic E-state index is 0.592. The Hall–Kier alpha value is -1.58. The summed E-state index contributed by atoms with van der Waals surface area (Å²) in [7, 11) is 0. The first-order valence-electron chi connectivity index (χ1n) is 6.14. The lowest BCUT2D eigenvalue weighted by Gasteiger charge is -2.12. The number of aromatic nitrogens is 1. The Morgan fingerprint density at radius 3 is 2.70 bits per heavy atom. The van der Waals surface area contributed by atoms with E-state index in [0.717, 1.165) is 16.5 Å². The van der Waals surface area contributed by atoms with Crippen molar-refractivity contribution >= 4 is 38.4 Å². The van der Waals surface area contributed by atoms with E-state index in [0.29, 0.717) is 21.9 Å². The smallest absolute Gasteiger partial charge is 0.153 e. The van der Waals surface area contributed by atoms with Gasteiger partial charge in [0.1, 0.15) is 11.3 Å². The van der Waals surface area contributed by atoms with Crippen molar-refractivity contribution in [3.05, 3.63) is 65.3 Å². The van der Waals surface area contributed by atoms with Gasteiger partial charge in [-0.3, -0.25) is 4.98 Å². The number of para-hydroxylation sites is 2. The molecule has 1 heterocycles. The van der Waals surface area contributed by atoms with Crippen LogP contribution in [0.5, 0.6) is 11.5 Å². The molecule has 2 nitrogen and oxygen atoms in total. The second-order valence-electron chi connectivity index (χ2n) is 4.30. The van der Waals surface area contributed by atoms with Crippen molar-refractivity contribution in [2.45, 2.75) is 5.33 Å². The second kappa shape index (κ2) is 5.81. The van der Waals surface area contributed by atoms with Crippen LogP contribution in [0, 0.1) is 0 Å². The molecule has 0 aliphatic rings. The molecule has 0 aliphatic heterocycles. The van der Waals surface area contributed by atoms with Crippen LogP contribution >= 0.6 is 27.5 Å². The molecule has 0 fully saturated rings. The van der Waals surface area contributed by atoms with Crippen LogP contribution < -0.4 is 4.74 Å². The molecule has 0 radical (unpaired) electrons. The highest BCUT2D eigenvalue weighted by atomic mass is 79.9. The number of pyridine rings is 1. The van der Waals surface area contributed by atoms with Crippen LogP contribution in [-0.2, 0) is 5.33 Å². The molecule has 2 aromatic carbocycles. The van der Waals surface area contributed by atoms with Crippen molar-refractivity contribution in [2.75, 3.05) is 0 Å². The summed E-state index contributed by atoms with van der Waals surface area (Å²) in [6, 6.07) is 15.5. The molecule has 20 heavy (non-hydrogen) atoms. The van der Waals surface area contributed by atoms with Crippen molar-refractivity contribution in [3.8, 4) is 11.5 Å². The normalized spacial score (nSPS) is 10.7. The number of hydrogen-bond donors (Lipinski definition) is 0. The highest BCUT2D eigenvalue weighted by Gasteiger charge is 2.11. The summed E-state index contributed by atoms with van der Waals surface area (Å²) in [4.78, 5) is 4.38. The largest absolute Gasteiger partial charge is 0.453 e. The van der Waals surface area contributed by atoms with Crippen molar-refractivity contribution in [3.63, 3.8) is 0 Å². The van der Waals surface area contributed by atoms with Gasteiger partial charge in [-0.2, -0.15) is 0 Å². The Labute approximate surface area is 130 Å². The topological polar surface area (TPSA) is 22.1 Å². The van der Waals surface area contributed by atoms with E-state index >= 15 is 0 Å². The number of ether oxygens (including phenoxy) is 1. The van der Waals surface area contributed by atoms with Crippen molar-refractivity contribution in [1.29, 1.82) is 0 Å². The van der Waals surface area contributed by atoms with Gasteiger partial charge in [-0.1, -0.05) is 57.9 Å². The minimum Gasteiger partial charge on any atom is -0.453 e. The lowest BCUT2D eigenvalue weighted by Crippen LogP contribution is -1.92. The van der Waals surface area contributed by atoms with E-state index in [1.807, 2.05) is 48.5 Å². The fourth-order valence-electron chi connectivity index (χ4n) is 2.04. The summed E-state index contributed by atoms with van der Waals surface area (Å²) < 4.78 is 6.02. The van der Waals surface area contributed by atoms with E-state index in [2.05, 4.69) is 20.9 Å². The molecule has 0 aliphatic carbocycles. The number of halogens is 2. The highest BCUT2D eigenvalue weighted by molar-refractivity contribution is 9.08. The Bertz CT molecular complexity index is 755. The van der Waals surface area contributed by atoms with E-state index in [9.17, 15) is 0 Å². The van der Waals surface area contributed by atoms with Crippen LogP contribution in [0.2, 0.25) is 5.02 Å². The molecule has 0 N–H and O–H groups in total. The van der Waals surface area contributed by atoms with Crippen LogP contribution in [0.1, 0.15) is 5.56 Å². The average Bonchev–Trinajstić information content (AvgIpc) is 2.49. The molecule has 0 saturated heterocycles. The Morgan fingerprint density at radius 1 is 1.05 bits per heavy atom. The predicted molar refractivity (Wildman–Crippen MR) is 85.9 cm³/mol. The maximum atomic E-state index is 6.24. The maximum absolute atomic E-state index is 6.24. The fourth-order valence-corrected chi connectivity index (χ4v) is 2.72. The van der Waals surface area contributed by atoms with Gasteiger partial charge < -0.3 is 4.74 Å². The van der Waals surface area contributed by atoms with Crippen LogP contribution in [-0.4, -0.2) is 4.98 Å². The van der Waals surface area contributed by atoms with Crippen LogP contribution in [0.25, 0.3) is 10.9 Å². The van der Waals surface area contributed by atoms with E-state index in [1.165, 1.54) is 0 Å². The molecule has 1 aromatic heterocycles. The average molecular weight is 349 g/mol. The first kappa shape index (κ1) is 13.4. The lowest BCUT2D eigenvalue weighted by atomic mass is 10.2. The lowest BCUT2D eigenvalue weighted by molar-refractivity contribution is 0.483. The minimum atomic E-state index is 0.592. The number of fused-ring (bicyclic) bond motifs is 1. The third-order valence-electron chi connectivity index (χ3n) is 3.00. The van der Waals surface area contributed by atoms with Crippen molar-refractivity contribution in [2.24, 2.45) is 0 Å². The monoisotopic (exact) mass is 347 g/mol. The molecule has 0 unspecified atom stereocenters. The van der Waals surface area contributed by atoms with E-state index in [1.54, 1.807) is 6.20 Å². The molecular weight excluding hydrogens is 338 g/mol. The molecule has 100 valence electrons. The Balaban J connectivity index is 2.10. The zero-order valence-corrected chi connectivity index (χ0v) is 12.9. The summed E-state index contributed by atoms with van der Waals surface area (Å²) in [5, 5.41) is 2.31. The van der Waals surface area contributed by atoms with Gasteiger partial charge in [0, 0.05) is 22.5 Å². The van der Waals surface area contributed by atoms with Gasteiger partial charge in [0.15, 0.2) is 5.75 Å². The van der Waals surface area contributed by atoms with Gasteiger partial charge in [0.2, 0.25) is 0 Å². The molecule has 4 heteroatoms. The molecule has 0 atom stereocenters. The summed E-state index contributed by atoms with van der Waals surface area (Å²) in [6.07, 6.45) is 1.76. The van der Waals surface area contributed by atoms with Crippen LogP contribution in [0.3, 0.4) is 0 Å². The van der Waals surface area contributed by atoms with Gasteiger partial charge in [0.05, 0.1) is 5.02 Å². The molecule has 3 aromatic rings. The first-order valence-corrected chi connectivity index (χ1v) is 7.64. The summed E-state index contributed by atoms with van der Waals surface area (Å²) in [6.45, 7) is 0. The van der Waals surface area contributed by atoms with E-state index in [4.69, 9.17) is 16.3 Å². The zero-order chi connectivity index (χ0) is 13.9.